The van der Waals surface area contributed by atoms with Gasteiger partial charge >= 0.3 is 0 Å². The summed E-state index contributed by atoms with van der Waals surface area (Å²) in [6.07, 6.45) is 3.34. The van der Waals surface area contributed by atoms with Gasteiger partial charge in [-0.25, -0.2) is 0 Å². The van der Waals surface area contributed by atoms with E-state index in [-0.39, 0.29) is 24.7 Å². The average molecular weight is 190 g/mol. The van der Waals surface area contributed by atoms with Crippen molar-refractivity contribution in [3.63, 3.8) is 0 Å². The topological polar surface area (TPSA) is 50.3 Å². The van der Waals surface area contributed by atoms with Crippen molar-refractivity contribution in [3.05, 3.63) is 24.0 Å². The molecular formula is C10H10N2O2. The van der Waals surface area contributed by atoms with Gasteiger partial charge in [-0.05, 0) is 18.6 Å². The van der Waals surface area contributed by atoms with Crippen LogP contribution in [0, 0.1) is 6.92 Å². The predicted molar refractivity (Wildman–Crippen MR) is 51.0 cm³/mol. The number of amides is 1. The molecule has 1 aliphatic rings. The molecule has 1 saturated heterocycles. The van der Waals surface area contributed by atoms with Crippen LogP contribution >= 0.6 is 0 Å². The van der Waals surface area contributed by atoms with E-state index in [1.807, 2.05) is 13.0 Å². The van der Waals surface area contributed by atoms with Crippen LogP contribution in [-0.2, 0) is 9.59 Å². The van der Waals surface area contributed by atoms with E-state index < -0.39 is 0 Å². The summed E-state index contributed by atoms with van der Waals surface area (Å²) in [5.74, 6) is -0.168. The molecule has 2 heterocycles. The van der Waals surface area contributed by atoms with Gasteiger partial charge in [0.05, 0.1) is 24.8 Å². The molecule has 1 aliphatic heterocycles. The number of pyridine rings is 1. The van der Waals surface area contributed by atoms with Crippen LogP contribution in [0.2, 0.25) is 0 Å². The van der Waals surface area contributed by atoms with Gasteiger partial charge in [0.25, 0.3) is 0 Å². The fourth-order valence-electron chi connectivity index (χ4n) is 1.51. The molecule has 4 nitrogen and oxygen atoms in total. The Hall–Kier alpha value is -1.71. The number of rotatable bonds is 1. The number of aryl methyl sites for hydroxylation is 1. The van der Waals surface area contributed by atoms with Crippen LogP contribution in [0.1, 0.15) is 12.0 Å². The third-order valence-corrected chi connectivity index (χ3v) is 2.16. The minimum Gasteiger partial charge on any atom is -0.303 e. The number of hydrogen-bond acceptors (Lipinski definition) is 3. The fourth-order valence-corrected chi connectivity index (χ4v) is 1.51. The van der Waals surface area contributed by atoms with Crippen LogP contribution in [0.5, 0.6) is 0 Å². The molecule has 0 spiro atoms. The fraction of sp³-hybridized carbons (Fsp3) is 0.300. The van der Waals surface area contributed by atoms with E-state index in [0.717, 1.165) is 5.56 Å². The number of nitrogens with zero attached hydrogens (tertiary/aromatic N) is 2. The molecule has 1 fully saturated rings. The molecule has 0 bridgehead atoms. The Morgan fingerprint density at radius 3 is 2.71 bits per heavy atom. The second-order valence-corrected chi connectivity index (χ2v) is 3.42. The molecule has 0 radical (unpaired) electrons. The van der Waals surface area contributed by atoms with Crippen molar-refractivity contribution in [2.75, 3.05) is 11.4 Å². The molecule has 0 aromatic carbocycles. The molecule has 1 amide bonds. The first-order valence-electron chi connectivity index (χ1n) is 4.40. The predicted octanol–water partition coefficient (Wildman–Crippen LogP) is 0.696. The lowest BCUT2D eigenvalue weighted by Gasteiger charge is -2.14. The molecule has 72 valence electrons. The zero-order valence-corrected chi connectivity index (χ0v) is 7.86. The van der Waals surface area contributed by atoms with E-state index in [9.17, 15) is 9.59 Å². The Balaban J connectivity index is 2.31. The maximum atomic E-state index is 11.4. The molecule has 0 N–H and O–H groups in total. The summed E-state index contributed by atoms with van der Waals surface area (Å²) in [6, 6.07) is 1.85. The van der Waals surface area contributed by atoms with Crippen molar-refractivity contribution in [1.29, 1.82) is 0 Å². The molecule has 1 aromatic heterocycles. The molecule has 0 atom stereocenters. The lowest BCUT2D eigenvalue weighted by atomic mass is 10.3. The highest BCUT2D eigenvalue weighted by molar-refractivity contribution is 6.14. The van der Waals surface area contributed by atoms with E-state index in [4.69, 9.17) is 0 Å². The third kappa shape index (κ3) is 1.51. The monoisotopic (exact) mass is 190 g/mol. The zero-order valence-electron chi connectivity index (χ0n) is 7.86. The lowest BCUT2D eigenvalue weighted by Crippen LogP contribution is -2.24. The van der Waals surface area contributed by atoms with Gasteiger partial charge in [0.15, 0.2) is 5.78 Å². The van der Waals surface area contributed by atoms with E-state index >= 15 is 0 Å². The van der Waals surface area contributed by atoms with E-state index in [2.05, 4.69) is 4.98 Å². The van der Waals surface area contributed by atoms with Gasteiger partial charge < -0.3 is 4.90 Å². The van der Waals surface area contributed by atoms with Crippen molar-refractivity contribution in [2.45, 2.75) is 13.3 Å². The SMILES string of the molecule is Cc1cncc(N2CC(=O)CC2=O)c1. The van der Waals surface area contributed by atoms with Crippen LogP contribution < -0.4 is 4.90 Å². The second kappa shape index (κ2) is 3.21. The number of anilines is 1. The number of ketones is 1. The summed E-state index contributed by atoms with van der Waals surface area (Å²) < 4.78 is 0. The summed E-state index contributed by atoms with van der Waals surface area (Å²) in [5, 5.41) is 0. The number of Topliss-reactive ketones (excluding diaryl/α,β-unsaturated/α-hetero) is 1. The van der Waals surface area contributed by atoms with Gasteiger partial charge in [-0.15, -0.1) is 0 Å². The van der Waals surface area contributed by atoms with Crippen LogP contribution in [0.15, 0.2) is 18.5 Å². The van der Waals surface area contributed by atoms with Gasteiger partial charge in [0, 0.05) is 6.20 Å². The largest absolute Gasteiger partial charge is 0.303 e. The molecule has 0 aliphatic carbocycles. The molecule has 2 rings (SSSR count). The van der Waals surface area contributed by atoms with Crippen molar-refractivity contribution in [3.8, 4) is 0 Å². The Morgan fingerprint density at radius 2 is 2.14 bits per heavy atom. The first kappa shape index (κ1) is 8.87. The van der Waals surface area contributed by atoms with E-state index in [0.29, 0.717) is 5.69 Å². The Labute approximate surface area is 81.6 Å². The first-order valence-corrected chi connectivity index (χ1v) is 4.40. The standard InChI is InChI=1S/C10H10N2O2/c1-7-2-8(5-11-4-7)12-6-9(13)3-10(12)14/h2,4-5H,3,6H2,1H3. The number of aromatic nitrogens is 1. The Bertz CT molecular complexity index is 401. The molecule has 14 heavy (non-hydrogen) atoms. The van der Waals surface area contributed by atoms with Gasteiger partial charge in [-0.3, -0.25) is 14.6 Å². The van der Waals surface area contributed by atoms with Crippen LogP contribution in [-0.4, -0.2) is 23.2 Å². The molecule has 0 unspecified atom stereocenters. The summed E-state index contributed by atoms with van der Waals surface area (Å²) in [7, 11) is 0. The summed E-state index contributed by atoms with van der Waals surface area (Å²) in [6.45, 7) is 2.09. The summed E-state index contributed by atoms with van der Waals surface area (Å²) in [4.78, 5) is 27.9. The molecule has 1 aromatic rings. The normalized spacial score (nSPS) is 16.5. The minimum atomic E-state index is -0.137. The smallest absolute Gasteiger partial charge is 0.234 e. The quantitative estimate of drug-likeness (QED) is 0.612. The Kier molecular flexibility index (Phi) is 2.04. The first-order chi connectivity index (χ1) is 6.66. The lowest BCUT2D eigenvalue weighted by molar-refractivity contribution is -0.121. The van der Waals surface area contributed by atoms with E-state index in [1.54, 1.807) is 12.4 Å². The van der Waals surface area contributed by atoms with Crippen molar-refractivity contribution >= 4 is 17.4 Å². The van der Waals surface area contributed by atoms with Gasteiger partial charge in [-0.2, -0.15) is 0 Å². The van der Waals surface area contributed by atoms with Crippen LogP contribution in [0.3, 0.4) is 0 Å². The molecule has 0 saturated carbocycles. The zero-order chi connectivity index (χ0) is 10.1. The van der Waals surface area contributed by atoms with Crippen LogP contribution in [0.25, 0.3) is 0 Å². The van der Waals surface area contributed by atoms with Gasteiger partial charge in [0.2, 0.25) is 5.91 Å². The average Bonchev–Trinajstić information content (AvgIpc) is 2.45. The number of hydrogen-bond donors (Lipinski definition) is 0. The van der Waals surface area contributed by atoms with Crippen molar-refractivity contribution < 1.29 is 9.59 Å². The maximum Gasteiger partial charge on any atom is 0.234 e. The highest BCUT2D eigenvalue weighted by atomic mass is 16.2. The van der Waals surface area contributed by atoms with Crippen LogP contribution in [0.4, 0.5) is 5.69 Å². The maximum absolute atomic E-state index is 11.4. The highest BCUT2D eigenvalue weighted by Crippen LogP contribution is 2.19. The van der Waals surface area contributed by atoms with Gasteiger partial charge in [-0.1, -0.05) is 0 Å². The molecular weight excluding hydrogens is 180 g/mol. The third-order valence-electron chi connectivity index (χ3n) is 2.16. The van der Waals surface area contributed by atoms with Crippen molar-refractivity contribution in [1.82, 2.24) is 4.98 Å². The number of carbonyl (C=O) groups excluding carboxylic acids is 2. The summed E-state index contributed by atoms with van der Waals surface area (Å²) >= 11 is 0. The highest BCUT2D eigenvalue weighted by Gasteiger charge is 2.28. The molecule has 4 heteroatoms. The minimum absolute atomic E-state index is 0.0218. The number of carbonyl (C=O) groups is 2. The Morgan fingerprint density at radius 1 is 1.36 bits per heavy atom. The van der Waals surface area contributed by atoms with Crippen molar-refractivity contribution in [2.24, 2.45) is 0 Å². The van der Waals surface area contributed by atoms with E-state index in [1.165, 1.54) is 4.90 Å². The second-order valence-electron chi connectivity index (χ2n) is 3.42. The van der Waals surface area contributed by atoms with Gasteiger partial charge in [0.1, 0.15) is 0 Å². The summed E-state index contributed by atoms with van der Waals surface area (Å²) in [5.41, 5.74) is 1.69.